The molecule has 0 unspecified atom stereocenters. The van der Waals surface area contributed by atoms with Gasteiger partial charge >= 0.3 is 0 Å². The van der Waals surface area contributed by atoms with Gasteiger partial charge in [0.2, 0.25) is 0 Å². The third-order valence-electron chi connectivity index (χ3n) is 12.1. The Hall–Kier alpha value is -7.68. The summed E-state index contributed by atoms with van der Waals surface area (Å²) in [7, 11) is 0. The third kappa shape index (κ3) is 5.12. The average Bonchev–Trinajstić information content (AvgIpc) is 3.63. The Morgan fingerprint density at radius 1 is 0.293 bits per heavy atom. The second-order valence-electron chi connectivity index (χ2n) is 15.4. The van der Waals surface area contributed by atoms with E-state index in [2.05, 4.69) is 228 Å². The van der Waals surface area contributed by atoms with Gasteiger partial charge < -0.3 is 9.47 Å². The lowest BCUT2D eigenvalue weighted by Gasteiger charge is -2.30. The largest absolute Gasteiger partial charge is 0.310 e. The highest BCUT2D eigenvalue weighted by molar-refractivity contribution is 6.14. The Balaban J connectivity index is 0.980. The second-order valence-corrected chi connectivity index (χ2v) is 15.4. The first kappa shape index (κ1) is 32.6. The minimum absolute atomic E-state index is 1.11. The number of anilines is 3. The van der Waals surface area contributed by atoms with Crippen LogP contribution >= 0.6 is 0 Å². The van der Waals surface area contributed by atoms with Crippen molar-refractivity contribution < 1.29 is 0 Å². The zero-order valence-corrected chi connectivity index (χ0v) is 31.7. The maximum atomic E-state index is 2.42. The molecule has 10 aromatic carbocycles. The Morgan fingerprint density at radius 2 is 0.793 bits per heavy atom. The van der Waals surface area contributed by atoms with E-state index in [4.69, 9.17) is 0 Å². The first-order valence-electron chi connectivity index (χ1n) is 20.0. The van der Waals surface area contributed by atoms with Crippen molar-refractivity contribution in [2.75, 3.05) is 4.90 Å². The van der Waals surface area contributed by atoms with Crippen molar-refractivity contribution in [1.82, 2.24) is 4.57 Å². The lowest BCUT2D eigenvalue weighted by atomic mass is 9.78. The molecule has 1 aliphatic carbocycles. The summed E-state index contributed by atoms with van der Waals surface area (Å²) in [5.41, 5.74) is 17.1. The highest BCUT2D eigenvalue weighted by Crippen LogP contribution is 2.52. The van der Waals surface area contributed by atoms with Crippen LogP contribution in [0.1, 0.15) is 0 Å². The van der Waals surface area contributed by atoms with Crippen LogP contribution in [0.15, 0.2) is 218 Å². The summed E-state index contributed by atoms with van der Waals surface area (Å²) in [6.45, 7) is 0. The fourth-order valence-corrected chi connectivity index (χ4v) is 9.24. The Kier molecular flexibility index (Phi) is 7.26. The Bertz CT molecular complexity index is 3360. The van der Waals surface area contributed by atoms with Gasteiger partial charge in [-0.05, 0) is 146 Å². The van der Waals surface area contributed by atoms with Crippen LogP contribution in [0.2, 0.25) is 0 Å². The molecule has 0 bridgehead atoms. The predicted molar refractivity (Wildman–Crippen MR) is 246 cm³/mol. The van der Waals surface area contributed by atoms with E-state index < -0.39 is 0 Å². The zero-order chi connectivity index (χ0) is 38.2. The van der Waals surface area contributed by atoms with Gasteiger partial charge in [-0.15, -0.1) is 0 Å². The molecule has 12 rings (SSSR count). The summed E-state index contributed by atoms with van der Waals surface area (Å²) in [5.74, 6) is 0. The molecule has 0 fully saturated rings. The van der Waals surface area contributed by atoms with Crippen LogP contribution in [-0.2, 0) is 0 Å². The van der Waals surface area contributed by atoms with Crippen molar-refractivity contribution >= 4 is 60.4 Å². The topological polar surface area (TPSA) is 8.17 Å². The molecule has 1 aromatic heterocycles. The Labute approximate surface area is 337 Å². The molecule has 0 aliphatic heterocycles. The molecule has 1 heterocycles. The molecule has 0 amide bonds. The number of nitrogens with zero attached hydrogens (tertiary/aromatic N) is 2. The molecule has 0 atom stereocenters. The smallest absolute Gasteiger partial charge is 0.0541 e. The van der Waals surface area contributed by atoms with Gasteiger partial charge in [-0.3, -0.25) is 0 Å². The summed E-state index contributed by atoms with van der Waals surface area (Å²) >= 11 is 0. The van der Waals surface area contributed by atoms with Crippen LogP contribution in [0.4, 0.5) is 17.1 Å². The van der Waals surface area contributed by atoms with E-state index in [1.54, 1.807) is 0 Å². The number of hydrogen-bond donors (Lipinski definition) is 0. The first-order valence-corrected chi connectivity index (χ1v) is 20.0. The van der Waals surface area contributed by atoms with Gasteiger partial charge in [0.1, 0.15) is 0 Å². The van der Waals surface area contributed by atoms with E-state index >= 15 is 0 Å². The fourth-order valence-electron chi connectivity index (χ4n) is 9.24. The number of rotatable bonds is 6. The second kappa shape index (κ2) is 12.9. The summed E-state index contributed by atoms with van der Waals surface area (Å²) in [6.07, 6.45) is 0. The zero-order valence-electron chi connectivity index (χ0n) is 31.7. The van der Waals surface area contributed by atoms with Gasteiger partial charge in [0.15, 0.2) is 0 Å². The summed E-state index contributed by atoms with van der Waals surface area (Å²) in [5, 5.41) is 7.54. The van der Waals surface area contributed by atoms with E-state index in [1.165, 1.54) is 93.5 Å². The summed E-state index contributed by atoms with van der Waals surface area (Å²) in [4.78, 5) is 2.42. The molecule has 1 aliphatic rings. The average molecular weight is 737 g/mol. The third-order valence-corrected chi connectivity index (χ3v) is 12.1. The van der Waals surface area contributed by atoms with Crippen molar-refractivity contribution in [3.05, 3.63) is 218 Å². The lowest BCUT2D eigenvalue weighted by Crippen LogP contribution is -2.11. The fraction of sp³-hybridized carbons (Fsp3) is 0. The lowest BCUT2D eigenvalue weighted by molar-refractivity contribution is 1.18. The first-order chi connectivity index (χ1) is 28.7. The summed E-state index contributed by atoms with van der Waals surface area (Å²) < 4.78 is 2.37. The van der Waals surface area contributed by atoms with E-state index in [-0.39, 0.29) is 0 Å². The van der Waals surface area contributed by atoms with E-state index in [9.17, 15) is 0 Å². The quantitative estimate of drug-likeness (QED) is 0.165. The Morgan fingerprint density at radius 3 is 1.48 bits per heavy atom. The monoisotopic (exact) mass is 736 g/mol. The van der Waals surface area contributed by atoms with E-state index in [1.807, 2.05) is 0 Å². The standard InChI is InChI=1S/C56H36N2/c1-3-12-37(13-4-1)38-22-27-45(28-23-38)57(55-21-11-16-43-35-51-49-32-40-14-7-8-15-41(40)33-50(49)52(51)36-48(43)55)46-29-24-39(25-30-46)42-26-31-56-53(34-42)47-19-9-10-20-54(47)58(56)44-17-5-2-6-18-44/h1-36H. The van der Waals surface area contributed by atoms with Gasteiger partial charge in [0, 0.05) is 33.2 Å². The molecular weight excluding hydrogens is 701 g/mol. The normalized spacial score (nSPS) is 11.8. The molecule has 0 saturated carbocycles. The predicted octanol–water partition coefficient (Wildman–Crippen LogP) is 15.5. The number of benzene rings is 10. The van der Waals surface area contributed by atoms with Crippen molar-refractivity contribution in [1.29, 1.82) is 0 Å². The number of aromatic nitrogens is 1. The van der Waals surface area contributed by atoms with Crippen LogP contribution in [-0.4, -0.2) is 4.57 Å². The van der Waals surface area contributed by atoms with Crippen molar-refractivity contribution in [3.8, 4) is 50.2 Å². The molecule has 2 nitrogen and oxygen atoms in total. The molecule has 58 heavy (non-hydrogen) atoms. The van der Waals surface area contributed by atoms with Crippen molar-refractivity contribution in [2.24, 2.45) is 0 Å². The van der Waals surface area contributed by atoms with Crippen LogP contribution in [0.25, 0.3) is 93.5 Å². The maximum absolute atomic E-state index is 2.42. The van der Waals surface area contributed by atoms with E-state index in [0.717, 1.165) is 17.1 Å². The van der Waals surface area contributed by atoms with Crippen LogP contribution in [0, 0.1) is 0 Å². The number of para-hydroxylation sites is 2. The molecule has 270 valence electrons. The molecule has 11 aromatic rings. The molecule has 0 saturated heterocycles. The highest BCUT2D eigenvalue weighted by atomic mass is 15.1. The minimum Gasteiger partial charge on any atom is -0.310 e. The molecular formula is C56H36N2. The van der Waals surface area contributed by atoms with Crippen LogP contribution < -0.4 is 4.90 Å². The van der Waals surface area contributed by atoms with Gasteiger partial charge in [-0.1, -0.05) is 133 Å². The van der Waals surface area contributed by atoms with Crippen molar-refractivity contribution in [3.63, 3.8) is 0 Å². The number of hydrogen-bond acceptors (Lipinski definition) is 1. The van der Waals surface area contributed by atoms with Crippen molar-refractivity contribution in [2.45, 2.75) is 0 Å². The molecule has 0 spiro atoms. The minimum atomic E-state index is 1.11. The van der Waals surface area contributed by atoms with Crippen LogP contribution in [0.3, 0.4) is 0 Å². The van der Waals surface area contributed by atoms with Crippen LogP contribution in [0.5, 0.6) is 0 Å². The summed E-state index contributed by atoms with van der Waals surface area (Å²) in [6, 6.07) is 79.9. The van der Waals surface area contributed by atoms with Gasteiger partial charge in [0.25, 0.3) is 0 Å². The molecule has 0 radical (unpaired) electrons. The molecule has 2 heteroatoms. The number of fused-ring (bicyclic) bond motifs is 9. The van der Waals surface area contributed by atoms with Gasteiger partial charge in [0.05, 0.1) is 16.7 Å². The van der Waals surface area contributed by atoms with Gasteiger partial charge in [-0.25, -0.2) is 0 Å². The SMILES string of the molecule is c1ccc(-c2ccc(N(c3ccc(-c4ccc5c(c4)c4ccccc4n5-c4ccccc4)cc3)c3cccc4cc5c(cc34)-c3cc4ccccc4cc3-5)cc2)cc1. The van der Waals surface area contributed by atoms with Gasteiger partial charge in [-0.2, -0.15) is 0 Å². The maximum Gasteiger partial charge on any atom is 0.0541 e. The highest BCUT2D eigenvalue weighted by Gasteiger charge is 2.25. The molecule has 0 N–H and O–H groups in total. The van der Waals surface area contributed by atoms with E-state index in [0.29, 0.717) is 0 Å².